The van der Waals surface area contributed by atoms with Crippen LogP contribution in [0.2, 0.25) is 0 Å². The quantitative estimate of drug-likeness (QED) is 0.118. The van der Waals surface area contributed by atoms with Gasteiger partial charge in [0.1, 0.15) is 12.4 Å². The summed E-state index contributed by atoms with van der Waals surface area (Å²) in [4.78, 5) is 15.1. The molecule has 0 N–H and O–H groups in total. The van der Waals surface area contributed by atoms with Gasteiger partial charge in [-0.2, -0.15) is 13.9 Å². The Morgan fingerprint density at radius 1 is 1.33 bits per heavy atom. The average molecular weight is 480 g/mol. The number of alkyl halides is 2. The Morgan fingerprint density at radius 3 is 2.52 bits per heavy atom. The number of anilines is 1. The maximum absolute atomic E-state index is 13.6. The molecule has 0 aliphatic carbocycles. The van der Waals surface area contributed by atoms with Crippen LogP contribution in [0.25, 0.3) is 0 Å². The number of hydrogen-bond acceptors (Lipinski definition) is 4. The molecule has 0 aromatic heterocycles. The van der Waals surface area contributed by atoms with Gasteiger partial charge in [-0.25, -0.2) is 0 Å². The van der Waals surface area contributed by atoms with Crippen molar-refractivity contribution in [2.24, 2.45) is 5.10 Å². The first kappa shape index (κ1) is 28.5. The van der Waals surface area contributed by atoms with E-state index in [1.807, 2.05) is 45.9 Å². The summed E-state index contributed by atoms with van der Waals surface area (Å²) < 4.78 is 33.1. The Morgan fingerprint density at radius 2 is 2.00 bits per heavy atom. The lowest BCUT2D eigenvalue weighted by Gasteiger charge is -2.30. The van der Waals surface area contributed by atoms with Gasteiger partial charge in [0.25, 0.3) is 11.6 Å². The molecule has 1 aromatic rings. The molecule has 0 fully saturated rings. The molecule has 1 unspecified atom stereocenters. The predicted octanol–water partition coefficient (Wildman–Crippen LogP) is 6.18. The van der Waals surface area contributed by atoms with E-state index < -0.39 is 5.66 Å². The molecule has 2 atom stereocenters. The van der Waals surface area contributed by atoms with Crippen molar-refractivity contribution < 1.29 is 18.3 Å². The van der Waals surface area contributed by atoms with Crippen molar-refractivity contribution in [1.29, 1.82) is 0 Å². The van der Waals surface area contributed by atoms with Crippen LogP contribution in [-0.2, 0) is 4.74 Å². The van der Waals surface area contributed by atoms with E-state index in [1.54, 1.807) is 29.9 Å². The van der Waals surface area contributed by atoms with E-state index in [2.05, 4.69) is 11.8 Å². The van der Waals surface area contributed by atoms with Gasteiger partial charge in [-0.05, 0) is 64.0 Å². The summed E-state index contributed by atoms with van der Waals surface area (Å²) >= 11 is 0. The van der Waals surface area contributed by atoms with Crippen molar-refractivity contribution in [3.63, 3.8) is 0 Å². The second kappa shape index (κ2) is 13.2. The lowest BCUT2D eigenvalue weighted by molar-refractivity contribution is 0.0602. The number of hydrogen-bond donors (Lipinski definition) is 0. The fourth-order valence-electron chi connectivity index (χ4n) is 3.40. The number of ether oxygens (including phenoxy) is 1. The van der Waals surface area contributed by atoms with E-state index in [0.29, 0.717) is 30.0 Å². The zero-order chi connectivity index (χ0) is 25.2. The molecule has 0 spiro atoms. The average Bonchev–Trinajstić information content (AvgIpc) is 2.76. The van der Waals surface area contributed by atoms with E-state index in [9.17, 15) is 13.6 Å². The molecular weight excluding hydrogens is 443 g/mol. The SMILES string of the molecule is C=NN(C)c1c(C)cccc1C(=O)N(CC)[C@@H](C)COC(/C=C\C(=C/C)C(F)(F)P)=C\CC. The molecule has 0 saturated carbocycles. The Bertz CT molecular complexity index is 907. The van der Waals surface area contributed by atoms with Crippen LogP contribution < -0.4 is 5.01 Å². The monoisotopic (exact) mass is 479 g/mol. The Labute approximate surface area is 199 Å². The number of nitrogens with zero attached hydrogens (tertiary/aromatic N) is 3. The zero-order valence-corrected chi connectivity index (χ0v) is 21.6. The van der Waals surface area contributed by atoms with Crippen molar-refractivity contribution in [2.45, 2.75) is 52.7 Å². The van der Waals surface area contributed by atoms with Crippen molar-refractivity contribution in [3.8, 4) is 0 Å². The summed E-state index contributed by atoms with van der Waals surface area (Å²) in [5, 5.41) is 5.53. The molecule has 5 nitrogen and oxygen atoms in total. The highest BCUT2D eigenvalue weighted by atomic mass is 31.0. The summed E-state index contributed by atoms with van der Waals surface area (Å²) in [6.45, 7) is 13.5. The van der Waals surface area contributed by atoms with Gasteiger partial charge in [-0.1, -0.05) is 34.4 Å². The molecule has 0 aliphatic heterocycles. The van der Waals surface area contributed by atoms with Crippen LogP contribution in [0.5, 0.6) is 0 Å². The van der Waals surface area contributed by atoms with Crippen molar-refractivity contribution in [2.75, 3.05) is 25.2 Å². The number of allylic oxidation sites excluding steroid dienone is 5. The molecule has 33 heavy (non-hydrogen) atoms. The minimum absolute atomic E-state index is 0.122. The first-order chi connectivity index (χ1) is 15.5. The lowest BCUT2D eigenvalue weighted by atomic mass is 10.1. The van der Waals surface area contributed by atoms with Gasteiger partial charge in [0.15, 0.2) is 0 Å². The number of carbonyl (C=O) groups is 1. The molecule has 0 saturated heterocycles. The smallest absolute Gasteiger partial charge is 0.283 e. The molecule has 0 bridgehead atoms. The maximum atomic E-state index is 13.6. The van der Waals surface area contributed by atoms with Crippen LogP contribution in [0.3, 0.4) is 0 Å². The number of benzene rings is 1. The summed E-state index contributed by atoms with van der Waals surface area (Å²) in [7, 11) is 3.29. The topological polar surface area (TPSA) is 45.1 Å². The zero-order valence-electron chi connectivity index (χ0n) is 20.4. The Balaban J connectivity index is 3.06. The molecule has 0 radical (unpaired) electrons. The number of aryl methyl sites for hydroxylation is 1. The maximum Gasteiger partial charge on any atom is 0.283 e. The highest BCUT2D eigenvalue weighted by Gasteiger charge is 2.26. The molecule has 0 heterocycles. The second-order valence-corrected chi connectivity index (χ2v) is 8.33. The molecular formula is C25H36F2N3O2P. The Kier molecular flexibility index (Phi) is 11.4. The number of para-hydroxylation sites is 1. The van der Waals surface area contributed by atoms with Crippen LogP contribution in [-0.4, -0.2) is 49.4 Å². The fraction of sp³-hybridized carbons (Fsp3) is 0.440. The van der Waals surface area contributed by atoms with Crippen molar-refractivity contribution in [3.05, 3.63) is 65.0 Å². The van der Waals surface area contributed by atoms with Crippen molar-refractivity contribution in [1.82, 2.24) is 4.90 Å². The number of halogens is 2. The van der Waals surface area contributed by atoms with Crippen LogP contribution in [0.4, 0.5) is 14.5 Å². The van der Waals surface area contributed by atoms with Crippen molar-refractivity contribution >= 4 is 27.6 Å². The van der Waals surface area contributed by atoms with E-state index in [1.165, 1.54) is 27.5 Å². The standard InChI is InChI=1S/C25H36F2N3O2P/c1-8-12-21(16-15-20(9-2)25(26,27)33)32-17-19(5)30(10-3)24(31)22-14-11-13-18(4)23(22)29(7)28-6/h9,11-16,19H,6,8,10,17,33H2,1-5,7H3/b16-15-,20-9+,21-12-/t19-/m0/s1. The third kappa shape index (κ3) is 8.08. The first-order valence-electron chi connectivity index (χ1n) is 11.0. The van der Waals surface area contributed by atoms with Gasteiger partial charge in [-0.15, -0.1) is 0 Å². The van der Waals surface area contributed by atoms with Crippen LogP contribution >= 0.6 is 9.24 Å². The van der Waals surface area contributed by atoms with Gasteiger partial charge >= 0.3 is 0 Å². The lowest BCUT2D eigenvalue weighted by Crippen LogP contribution is -2.41. The van der Waals surface area contributed by atoms with Gasteiger partial charge < -0.3 is 9.64 Å². The van der Waals surface area contributed by atoms with E-state index in [4.69, 9.17) is 4.74 Å². The fourth-order valence-corrected chi connectivity index (χ4v) is 3.66. The Hall–Kier alpha value is -2.53. The van der Waals surface area contributed by atoms with Crippen LogP contribution in [0.15, 0.2) is 58.9 Å². The van der Waals surface area contributed by atoms with E-state index >= 15 is 0 Å². The summed E-state index contributed by atoms with van der Waals surface area (Å²) in [6.07, 6.45) is 6.74. The molecule has 182 valence electrons. The van der Waals surface area contributed by atoms with Crippen LogP contribution in [0.1, 0.15) is 50.0 Å². The van der Waals surface area contributed by atoms with Gasteiger partial charge in [-0.3, -0.25) is 9.80 Å². The number of amides is 1. The number of likely N-dealkylation sites (N-methyl/N-ethyl adjacent to an activating group) is 1. The highest BCUT2D eigenvalue weighted by molar-refractivity contribution is 7.18. The largest absolute Gasteiger partial charge is 0.492 e. The highest BCUT2D eigenvalue weighted by Crippen LogP contribution is 2.32. The normalized spacial score (nSPS) is 13.7. The third-order valence-electron chi connectivity index (χ3n) is 5.16. The molecule has 1 rings (SSSR count). The van der Waals surface area contributed by atoms with E-state index in [-0.39, 0.29) is 24.1 Å². The van der Waals surface area contributed by atoms with Gasteiger partial charge in [0, 0.05) is 25.9 Å². The van der Waals surface area contributed by atoms with E-state index in [0.717, 1.165) is 5.56 Å². The molecule has 0 aliphatic rings. The molecule has 8 heteroatoms. The summed E-state index contributed by atoms with van der Waals surface area (Å²) in [5.41, 5.74) is -0.984. The van der Waals surface area contributed by atoms with Gasteiger partial charge in [0.05, 0.1) is 17.3 Å². The number of hydrazone groups is 1. The first-order valence-corrected chi connectivity index (χ1v) is 11.5. The summed E-state index contributed by atoms with van der Waals surface area (Å²) in [5.74, 6) is 0.339. The third-order valence-corrected chi connectivity index (χ3v) is 5.49. The second-order valence-electron chi connectivity index (χ2n) is 7.60. The van der Waals surface area contributed by atoms with Crippen LogP contribution in [0, 0.1) is 6.92 Å². The van der Waals surface area contributed by atoms with Gasteiger partial charge in [0.2, 0.25) is 0 Å². The molecule has 1 amide bonds. The number of rotatable bonds is 12. The number of carbonyl (C=O) groups excluding carboxylic acids is 1. The molecule has 1 aromatic carbocycles. The summed E-state index contributed by atoms with van der Waals surface area (Å²) in [6, 6.07) is 5.28. The minimum atomic E-state index is -3.01. The minimum Gasteiger partial charge on any atom is -0.492 e. The predicted molar refractivity (Wildman–Crippen MR) is 137 cm³/mol.